The molecule has 1 saturated heterocycles. The molecule has 0 aliphatic carbocycles. The minimum Gasteiger partial charge on any atom is -0.384 e. The van der Waals surface area contributed by atoms with Crippen molar-refractivity contribution >= 4 is 0 Å². The Kier molecular flexibility index (Phi) is 6.51. The molecule has 1 aromatic rings. The molecule has 3 nitrogen and oxygen atoms in total. The minimum absolute atomic E-state index is 0.490. The van der Waals surface area contributed by atoms with Crippen molar-refractivity contribution in [1.29, 1.82) is 0 Å². The Labute approximate surface area is 123 Å². The standard InChI is InChI=1S/C17H28N2O/c1-3-10-18-12-17(16-7-5-4-6-8-16)19-11-9-15(13-19)14-20-2/h4-8,15,17-18H,3,9-14H2,1-2H3. The van der Waals surface area contributed by atoms with E-state index in [1.165, 1.54) is 24.9 Å². The molecular weight excluding hydrogens is 248 g/mol. The summed E-state index contributed by atoms with van der Waals surface area (Å²) in [5.74, 6) is 0.692. The summed E-state index contributed by atoms with van der Waals surface area (Å²) in [5, 5.41) is 3.58. The van der Waals surface area contributed by atoms with Gasteiger partial charge in [-0.3, -0.25) is 4.90 Å². The average molecular weight is 276 g/mol. The van der Waals surface area contributed by atoms with Crippen LogP contribution in [-0.2, 0) is 4.74 Å². The number of benzene rings is 1. The fourth-order valence-electron chi connectivity index (χ4n) is 3.07. The van der Waals surface area contributed by atoms with Crippen LogP contribution in [0.15, 0.2) is 30.3 Å². The molecular formula is C17H28N2O. The van der Waals surface area contributed by atoms with Gasteiger partial charge < -0.3 is 10.1 Å². The van der Waals surface area contributed by atoms with Gasteiger partial charge in [-0.2, -0.15) is 0 Å². The van der Waals surface area contributed by atoms with Crippen LogP contribution in [0.25, 0.3) is 0 Å². The van der Waals surface area contributed by atoms with Gasteiger partial charge in [0.2, 0.25) is 0 Å². The summed E-state index contributed by atoms with van der Waals surface area (Å²) in [7, 11) is 1.81. The number of nitrogens with zero attached hydrogens (tertiary/aromatic N) is 1. The van der Waals surface area contributed by atoms with Gasteiger partial charge in [0.25, 0.3) is 0 Å². The van der Waals surface area contributed by atoms with E-state index in [0.717, 1.165) is 26.2 Å². The molecule has 1 N–H and O–H groups in total. The van der Waals surface area contributed by atoms with Crippen LogP contribution < -0.4 is 5.32 Å². The summed E-state index contributed by atoms with van der Waals surface area (Å²) in [6, 6.07) is 11.4. The van der Waals surface area contributed by atoms with Crippen molar-refractivity contribution in [2.45, 2.75) is 25.8 Å². The second-order valence-corrected chi connectivity index (χ2v) is 5.74. The highest BCUT2D eigenvalue weighted by molar-refractivity contribution is 5.19. The van der Waals surface area contributed by atoms with E-state index < -0.39 is 0 Å². The molecule has 1 aliphatic rings. The Morgan fingerprint density at radius 3 is 2.85 bits per heavy atom. The lowest BCUT2D eigenvalue weighted by Crippen LogP contribution is -2.35. The normalized spacial score (nSPS) is 21.2. The van der Waals surface area contributed by atoms with Crippen LogP contribution in [0.5, 0.6) is 0 Å². The molecule has 1 aliphatic heterocycles. The Bertz CT molecular complexity index is 369. The Balaban J connectivity index is 1.99. The number of rotatable bonds is 8. The molecule has 1 aromatic carbocycles. The monoisotopic (exact) mass is 276 g/mol. The van der Waals surface area contributed by atoms with Crippen molar-refractivity contribution < 1.29 is 4.74 Å². The third kappa shape index (κ3) is 4.30. The van der Waals surface area contributed by atoms with Gasteiger partial charge in [-0.1, -0.05) is 37.3 Å². The van der Waals surface area contributed by atoms with E-state index in [0.29, 0.717) is 12.0 Å². The molecule has 3 heteroatoms. The van der Waals surface area contributed by atoms with Crippen molar-refractivity contribution in [3.8, 4) is 0 Å². The van der Waals surface area contributed by atoms with Gasteiger partial charge in [-0.05, 0) is 37.4 Å². The van der Waals surface area contributed by atoms with Crippen molar-refractivity contribution in [2.24, 2.45) is 5.92 Å². The Hall–Kier alpha value is -0.900. The van der Waals surface area contributed by atoms with E-state index in [1.807, 2.05) is 0 Å². The zero-order valence-electron chi connectivity index (χ0n) is 12.8. The predicted molar refractivity (Wildman–Crippen MR) is 83.9 cm³/mol. The lowest BCUT2D eigenvalue weighted by atomic mass is 10.1. The molecule has 0 spiro atoms. The predicted octanol–water partition coefficient (Wildman–Crippen LogP) is 2.70. The number of ether oxygens (including phenoxy) is 1. The SMILES string of the molecule is CCCNCC(c1ccccc1)N1CCC(COC)C1. The molecule has 112 valence electrons. The van der Waals surface area contributed by atoms with E-state index in [9.17, 15) is 0 Å². The zero-order valence-corrected chi connectivity index (χ0v) is 12.8. The number of hydrogen-bond acceptors (Lipinski definition) is 3. The molecule has 2 rings (SSSR count). The molecule has 1 fully saturated rings. The van der Waals surface area contributed by atoms with E-state index in [2.05, 4.69) is 47.5 Å². The van der Waals surface area contributed by atoms with Crippen molar-refractivity contribution in [1.82, 2.24) is 10.2 Å². The van der Waals surface area contributed by atoms with Gasteiger partial charge in [0, 0.05) is 26.2 Å². The van der Waals surface area contributed by atoms with Crippen LogP contribution in [0.4, 0.5) is 0 Å². The first-order chi connectivity index (χ1) is 9.85. The number of methoxy groups -OCH3 is 1. The highest BCUT2D eigenvalue weighted by atomic mass is 16.5. The van der Waals surface area contributed by atoms with Crippen LogP contribution >= 0.6 is 0 Å². The summed E-state index contributed by atoms with van der Waals surface area (Å²) in [4.78, 5) is 2.61. The molecule has 0 saturated carbocycles. The van der Waals surface area contributed by atoms with Gasteiger partial charge in [0.15, 0.2) is 0 Å². The second kappa shape index (κ2) is 8.40. The molecule has 0 radical (unpaired) electrons. The van der Waals surface area contributed by atoms with Crippen LogP contribution in [0.2, 0.25) is 0 Å². The quantitative estimate of drug-likeness (QED) is 0.739. The first-order valence-corrected chi connectivity index (χ1v) is 7.83. The van der Waals surface area contributed by atoms with Gasteiger partial charge in [0.05, 0.1) is 6.61 Å². The molecule has 20 heavy (non-hydrogen) atoms. The zero-order chi connectivity index (χ0) is 14.2. The van der Waals surface area contributed by atoms with E-state index in [-0.39, 0.29) is 0 Å². The summed E-state index contributed by atoms with van der Waals surface area (Å²) < 4.78 is 5.32. The third-order valence-corrected chi connectivity index (χ3v) is 4.11. The molecule has 0 amide bonds. The lowest BCUT2D eigenvalue weighted by molar-refractivity contribution is 0.146. The summed E-state index contributed by atoms with van der Waals surface area (Å²) >= 11 is 0. The maximum Gasteiger partial charge on any atom is 0.0503 e. The van der Waals surface area contributed by atoms with Crippen LogP contribution in [0.1, 0.15) is 31.4 Å². The largest absolute Gasteiger partial charge is 0.384 e. The highest BCUT2D eigenvalue weighted by Gasteiger charge is 2.28. The molecule has 0 bridgehead atoms. The maximum absolute atomic E-state index is 5.32. The number of hydrogen-bond donors (Lipinski definition) is 1. The molecule has 0 aromatic heterocycles. The maximum atomic E-state index is 5.32. The van der Waals surface area contributed by atoms with Gasteiger partial charge in [0.1, 0.15) is 0 Å². The van der Waals surface area contributed by atoms with Crippen LogP contribution in [0.3, 0.4) is 0 Å². The first kappa shape index (κ1) is 15.5. The van der Waals surface area contributed by atoms with Gasteiger partial charge in [-0.25, -0.2) is 0 Å². The van der Waals surface area contributed by atoms with Crippen molar-refractivity contribution in [3.05, 3.63) is 35.9 Å². The Morgan fingerprint density at radius 2 is 2.15 bits per heavy atom. The van der Waals surface area contributed by atoms with Gasteiger partial charge >= 0.3 is 0 Å². The highest BCUT2D eigenvalue weighted by Crippen LogP contribution is 2.27. The molecule has 1 heterocycles. The van der Waals surface area contributed by atoms with Gasteiger partial charge in [-0.15, -0.1) is 0 Å². The Morgan fingerprint density at radius 1 is 1.35 bits per heavy atom. The van der Waals surface area contributed by atoms with Crippen molar-refractivity contribution in [2.75, 3.05) is 39.9 Å². The fourth-order valence-corrected chi connectivity index (χ4v) is 3.07. The third-order valence-electron chi connectivity index (χ3n) is 4.11. The average Bonchev–Trinajstić information content (AvgIpc) is 2.93. The summed E-state index contributed by atoms with van der Waals surface area (Å²) in [6.07, 6.45) is 2.44. The summed E-state index contributed by atoms with van der Waals surface area (Å²) in [6.45, 7) is 7.58. The lowest BCUT2D eigenvalue weighted by Gasteiger charge is -2.29. The molecule has 2 atom stereocenters. The molecule has 2 unspecified atom stereocenters. The topological polar surface area (TPSA) is 24.5 Å². The second-order valence-electron chi connectivity index (χ2n) is 5.74. The van der Waals surface area contributed by atoms with Crippen LogP contribution in [0, 0.1) is 5.92 Å². The minimum atomic E-state index is 0.490. The van der Waals surface area contributed by atoms with Crippen LogP contribution in [-0.4, -0.2) is 44.8 Å². The van der Waals surface area contributed by atoms with E-state index in [4.69, 9.17) is 4.74 Å². The summed E-state index contributed by atoms with van der Waals surface area (Å²) in [5.41, 5.74) is 1.43. The van der Waals surface area contributed by atoms with E-state index >= 15 is 0 Å². The number of nitrogens with one attached hydrogen (secondary N) is 1. The first-order valence-electron chi connectivity index (χ1n) is 7.83. The smallest absolute Gasteiger partial charge is 0.0503 e. The number of likely N-dealkylation sites (tertiary alicyclic amines) is 1. The van der Waals surface area contributed by atoms with Crippen molar-refractivity contribution in [3.63, 3.8) is 0 Å². The van der Waals surface area contributed by atoms with E-state index in [1.54, 1.807) is 7.11 Å². The fraction of sp³-hybridized carbons (Fsp3) is 0.647.